The van der Waals surface area contributed by atoms with Crippen molar-refractivity contribution in [1.29, 1.82) is 0 Å². The molecular weight excluding hydrogens is 430 g/mol. The van der Waals surface area contributed by atoms with Crippen molar-refractivity contribution in [2.24, 2.45) is 5.10 Å². The van der Waals surface area contributed by atoms with E-state index < -0.39 is 15.9 Å². The molecule has 0 heterocycles. The number of nitrogens with zero attached hydrogens (tertiary/aromatic N) is 2. The number of amides is 1. The van der Waals surface area contributed by atoms with Gasteiger partial charge in [0.1, 0.15) is 13.2 Å². The first-order chi connectivity index (χ1) is 15.3. The standard InChI is InChI=1S/C23H29N3O5S/c1-5-14-31-21-13-10-19(15-22(21)30-7-3)16-24-25-23(27)17-26(32(4,28)29)20-11-8-18(6-2)9-12-20/h5,8-13,15-16H,1,6-7,14,17H2,2-4H3,(H,25,27)/b24-16-. The van der Waals surface area contributed by atoms with E-state index in [0.29, 0.717) is 36.0 Å². The van der Waals surface area contributed by atoms with Crippen LogP contribution in [0.5, 0.6) is 11.5 Å². The molecule has 0 unspecified atom stereocenters. The van der Waals surface area contributed by atoms with Gasteiger partial charge in [-0.05, 0) is 54.8 Å². The molecule has 0 bridgehead atoms. The summed E-state index contributed by atoms with van der Waals surface area (Å²) in [6.07, 6.45) is 4.97. The van der Waals surface area contributed by atoms with Gasteiger partial charge in [0.05, 0.1) is 24.8 Å². The maximum absolute atomic E-state index is 12.3. The van der Waals surface area contributed by atoms with Crippen LogP contribution in [0.4, 0.5) is 5.69 Å². The molecule has 0 aromatic heterocycles. The molecule has 2 aromatic rings. The van der Waals surface area contributed by atoms with Crippen molar-refractivity contribution >= 4 is 27.8 Å². The van der Waals surface area contributed by atoms with E-state index in [4.69, 9.17) is 9.47 Å². The zero-order chi connectivity index (χ0) is 23.6. The molecule has 1 N–H and O–H groups in total. The van der Waals surface area contributed by atoms with Gasteiger partial charge in [0, 0.05) is 0 Å². The Hall–Kier alpha value is -3.33. The summed E-state index contributed by atoms with van der Waals surface area (Å²) in [5.41, 5.74) is 4.53. The van der Waals surface area contributed by atoms with E-state index in [9.17, 15) is 13.2 Å². The molecule has 0 aliphatic heterocycles. The van der Waals surface area contributed by atoms with Gasteiger partial charge in [0.25, 0.3) is 5.91 Å². The number of aryl methyl sites for hydroxylation is 1. The second kappa shape index (κ2) is 11.9. The van der Waals surface area contributed by atoms with Crippen LogP contribution >= 0.6 is 0 Å². The predicted molar refractivity (Wildman–Crippen MR) is 127 cm³/mol. The lowest BCUT2D eigenvalue weighted by Crippen LogP contribution is -2.39. The Morgan fingerprint density at radius 3 is 2.44 bits per heavy atom. The first-order valence-corrected chi connectivity index (χ1v) is 12.0. The predicted octanol–water partition coefficient (Wildman–Crippen LogP) is 3.13. The molecular formula is C23H29N3O5S. The highest BCUT2D eigenvalue weighted by molar-refractivity contribution is 7.92. The number of ether oxygens (including phenoxy) is 2. The van der Waals surface area contributed by atoms with Crippen molar-refractivity contribution in [2.45, 2.75) is 20.3 Å². The lowest BCUT2D eigenvalue weighted by Gasteiger charge is -2.21. The van der Waals surface area contributed by atoms with Gasteiger partial charge in [0.15, 0.2) is 11.5 Å². The summed E-state index contributed by atoms with van der Waals surface area (Å²) in [5, 5.41) is 3.93. The number of nitrogens with one attached hydrogen (secondary N) is 1. The smallest absolute Gasteiger partial charge is 0.260 e. The highest BCUT2D eigenvalue weighted by Gasteiger charge is 2.20. The fourth-order valence-corrected chi connectivity index (χ4v) is 3.64. The average molecular weight is 460 g/mol. The van der Waals surface area contributed by atoms with Crippen LogP contribution in [0.3, 0.4) is 0 Å². The lowest BCUT2D eigenvalue weighted by molar-refractivity contribution is -0.119. The van der Waals surface area contributed by atoms with Crippen molar-refractivity contribution in [3.05, 3.63) is 66.2 Å². The quantitative estimate of drug-likeness (QED) is 0.299. The molecule has 8 nitrogen and oxygen atoms in total. The number of benzene rings is 2. The Bertz CT molecular complexity index is 1050. The Kier molecular flexibility index (Phi) is 9.27. The Labute approximate surface area is 189 Å². The molecule has 32 heavy (non-hydrogen) atoms. The van der Waals surface area contributed by atoms with Gasteiger partial charge in [-0.1, -0.05) is 31.7 Å². The van der Waals surface area contributed by atoms with Gasteiger partial charge in [-0.25, -0.2) is 13.8 Å². The summed E-state index contributed by atoms with van der Waals surface area (Å²) in [6, 6.07) is 12.3. The first kappa shape index (κ1) is 24.9. The van der Waals surface area contributed by atoms with Crippen LogP contribution in [-0.2, 0) is 21.2 Å². The van der Waals surface area contributed by atoms with E-state index >= 15 is 0 Å². The second-order valence-electron chi connectivity index (χ2n) is 6.82. The molecule has 9 heteroatoms. The van der Waals surface area contributed by atoms with E-state index in [1.807, 2.05) is 26.0 Å². The normalized spacial score (nSPS) is 11.2. The van der Waals surface area contributed by atoms with Crippen molar-refractivity contribution in [3.8, 4) is 11.5 Å². The maximum Gasteiger partial charge on any atom is 0.260 e. The zero-order valence-corrected chi connectivity index (χ0v) is 19.4. The van der Waals surface area contributed by atoms with Gasteiger partial charge in [0.2, 0.25) is 10.0 Å². The summed E-state index contributed by atoms with van der Waals surface area (Å²) < 4.78 is 36.6. The zero-order valence-electron chi connectivity index (χ0n) is 18.6. The monoisotopic (exact) mass is 459 g/mol. The highest BCUT2D eigenvalue weighted by Crippen LogP contribution is 2.28. The van der Waals surface area contributed by atoms with Gasteiger partial charge in [-0.15, -0.1) is 0 Å². The van der Waals surface area contributed by atoms with Crippen LogP contribution in [0, 0.1) is 0 Å². The molecule has 172 valence electrons. The summed E-state index contributed by atoms with van der Waals surface area (Å²) in [5.74, 6) is 0.552. The Balaban J connectivity index is 2.07. The molecule has 0 aliphatic rings. The average Bonchev–Trinajstić information content (AvgIpc) is 2.76. The number of sulfonamides is 1. The van der Waals surface area contributed by atoms with Gasteiger partial charge in [-0.3, -0.25) is 9.10 Å². The van der Waals surface area contributed by atoms with E-state index in [1.165, 1.54) is 6.21 Å². The first-order valence-electron chi connectivity index (χ1n) is 10.2. The number of carbonyl (C=O) groups is 1. The van der Waals surface area contributed by atoms with Crippen LogP contribution in [0.25, 0.3) is 0 Å². The molecule has 0 spiro atoms. The van der Waals surface area contributed by atoms with Crippen molar-refractivity contribution in [1.82, 2.24) is 5.43 Å². The third-order valence-electron chi connectivity index (χ3n) is 4.35. The van der Waals surface area contributed by atoms with E-state index in [0.717, 1.165) is 22.5 Å². The minimum Gasteiger partial charge on any atom is -0.490 e. The van der Waals surface area contributed by atoms with Crippen molar-refractivity contribution in [3.63, 3.8) is 0 Å². The number of anilines is 1. The fourth-order valence-electron chi connectivity index (χ4n) is 2.78. The molecule has 0 fully saturated rings. The van der Waals surface area contributed by atoms with Gasteiger partial charge < -0.3 is 9.47 Å². The fraction of sp³-hybridized carbons (Fsp3) is 0.304. The minimum absolute atomic E-state index is 0.349. The largest absolute Gasteiger partial charge is 0.490 e. The number of carbonyl (C=O) groups excluding carboxylic acids is 1. The van der Waals surface area contributed by atoms with E-state index in [-0.39, 0.29) is 6.54 Å². The van der Waals surface area contributed by atoms with Gasteiger partial charge >= 0.3 is 0 Å². The maximum atomic E-state index is 12.3. The second-order valence-corrected chi connectivity index (χ2v) is 8.73. The van der Waals surface area contributed by atoms with Crippen LogP contribution in [-0.4, -0.2) is 46.6 Å². The molecule has 1 amide bonds. The van der Waals surface area contributed by atoms with E-state index in [2.05, 4.69) is 17.1 Å². The summed E-state index contributed by atoms with van der Waals surface area (Å²) >= 11 is 0. The van der Waals surface area contributed by atoms with Gasteiger partial charge in [-0.2, -0.15) is 5.10 Å². The SMILES string of the molecule is C=CCOc1ccc(/C=N\NC(=O)CN(c2ccc(CC)cc2)S(C)(=O)=O)cc1OCC. The number of hydrazone groups is 1. The molecule has 0 saturated carbocycles. The highest BCUT2D eigenvalue weighted by atomic mass is 32.2. The van der Waals surface area contributed by atoms with E-state index in [1.54, 1.807) is 36.4 Å². The summed E-state index contributed by atoms with van der Waals surface area (Å²) in [4.78, 5) is 12.3. The Morgan fingerprint density at radius 2 is 1.84 bits per heavy atom. The summed E-state index contributed by atoms with van der Waals surface area (Å²) in [7, 11) is -3.65. The number of hydrogen-bond acceptors (Lipinski definition) is 6. The molecule has 2 aromatic carbocycles. The molecule has 0 saturated heterocycles. The minimum atomic E-state index is -3.65. The molecule has 0 radical (unpaired) electrons. The number of hydrogen-bond donors (Lipinski definition) is 1. The van der Waals surface area contributed by atoms with Crippen molar-refractivity contribution in [2.75, 3.05) is 30.3 Å². The van der Waals surface area contributed by atoms with Crippen LogP contribution < -0.4 is 19.2 Å². The summed E-state index contributed by atoms with van der Waals surface area (Å²) in [6.45, 7) is 7.91. The van der Waals surface area contributed by atoms with Crippen LogP contribution in [0.1, 0.15) is 25.0 Å². The van der Waals surface area contributed by atoms with Crippen LogP contribution in [0.15, 0.2) is 60.2 Å². The molecule has 0 aliphatic carbocycles. The molecule has 0 atom stereocenters. The lowest BCUT2D eigenvalue weighted by atomic mass is 10.1. The Morgan fingerprint density at radius 1 is 1.12 bits per heavy atom. The van der Waals surface area contributed by atoms with Crippen LogP contribution in [0.2, 0.25) is 0 Å². The third-order valence-corrected chi connectivity index (χ3v) is 5.49. The third kappa shape index (κ3) is 7.42. The topological polar surface area (TPSA) is 97.3 Å². The number of rotatable bonds is 12. The van der Waals surface area contributed by atoms with Crippen molar-refractivity contribution < 1.29 is 22.7 Å². The molecule has 2 rings (SSSR count).